The highest BCUT2D eigenvalue weighted by atomic mass is 32.1. The zero-order chi connectivity index (χ0) is 16.1. The van der Waals surface area contributed by atoms with Crippen LogP contribution in [0, 0.1) is 0 Å². The van der Waals surface area contributed by atoms with Crippen LogP contribution in [-0.4, -0.2) is 52.6 Å². The molecule has 6 nitrogen and oxygen atoms in total. The number of amides is 4. The number of imide groups is 1. The molecule has 1 aromatic rings. The van der Waals surface area contributed by atoms with Gasteiger partial charge in [-0.05, 0) is 12.5 Å². The van der Waals surface area contributed by atoms with Crippen molar-refractivity contribution in [3.63, 3.8) is 0 Å². The van der Waals surface area contributed by atoms with E-state index in [9.17, 15) is 14.4 Å². The molecule has 116 valence electrons. The van der Waals surface area contributed by atoms with Crippen molar-refractivity contribution < 1.29 is 14.4 Å². The Morgan fingerprint density at radius 2 is 1.95 bits per heavy atom. The maximum Gasteiger partial charge on any atom is 0.325 e. The smallest absolute Gasteiger partial charge is 0.325 e. The highest BCUT2D eigenvalue weighted by molar-refractivity contribution is 7.79. The summed E-state index contributed by atoms with van der Waals surface area (Å²) in [6.07, 6.45) is 0. The molecule has 7 heteroatoms. The molecular weight excluding hydrogens is 302 g/mol. The van der Waals surface area contributed by atoms with Gasteiger partial charge in [-0.15, -0.1) is 0 Å². The number of rotatable bonds is 4. The molecule has 1 aliphatic rings. The summed E-state index contributed by atoms with van der Waals surface area (Å²) in [4.78, 5) is 38.4. The third-order valence-electron chi connectivity index (χ3n) is 3.51. The minimum Gasteiger partial charge on any atom is -0.333 e. The largest absolute Gasteiger partial charge is 0.333 e. The Labute approximate surface area is 134 Å². The van der Waals surface area contributed by atoms with E-state index < -0.39 is 23.9 Å². The van der Waals surface area contributed by atoms with Gasteiger partial charge in [-0.25, -0.2) is 4.79 Å². The molecule has 1 fully saturated rings. The topological polar surface area (TPSA) is 69.7 Å². The van der Waals surface area contributed by atoms with E-state index in [-0.39, 0.29) is 6.54 Å². The van der Waals surface area contributed by atoms with Gasteiger partial charge in [0.15, 0.2) is 0 Å². The van der Waals surface area contributed by atoms with Crippen LogP contribution in [0.1, 0.15) is 18.5 Å². The fourth-order valence-corrected chi connectivity index (χ4v) is 2.46. The van der Waals surface area contributed by atoms with E-state index in [1.165, 1.54) is 10.3 Å². The van der Waals surface area contributed by atoms with Gasteiger partial charge in [-0.1, -0.05) is 42.5 Å². The first-order chi connectivity index (χ1) is 10.6. The Bertz CT molecular complexity index is 591. The third kappa shape index (κ3) is 3.30. The number of carbonyl (C=O) groups excluding carboxylic acids is 3. The van der Waals surface area contributed by atoms with Gasteiger partial charge < -0.3 is 10.2 Å². The summed E-state index contributed by atoms with van der Waals surface area (Å²) in [6.45, 7) is 2.77. The van der Waals surface area contributed by atoms with Crippen LogP contribution >= 0.6 is 12.2 Å². The van der Waals surface area contributed by atoms with Crippen LogP contribution in [0.15, 0.2) is 30.3 Å². The average Bonchev–Trinajstić information content (AvgIpc) is 2.55. The molecule has 0 bridgehead atoms. The molecule has 0 aromatic heterocycles. The lowest BCUT2D eigenvalue weighted by Gasteiger charge is -2.32. The zero-order valence-corrected chi connectivity index (χ0v) is 13.0. The summed E-state index contributed by atoms with van der Waals surface area (Å²) in [5, 5.41) is 4.09. The lowest BCUT2D eigenvalue weighted by molar-refractivity contribution is -0.153. The highest BCUT2D eigenvalue weighted by Crippen LogP contribution is 2.12. The molecule has 1 heterocycles. The van der Waals surface area contributed by atoms with Gasteiger partial charge >= 0.3 is 17.8 Å². The Balaban J connectivity index is 2.07. The molecule has 0 aliphatic carbocycles. The maximum absolute atomic E-state index is 12.2. The van der Waals surface area contributed by atoms with Gasteiger partial charge in [-0.3, -0.25) is 14.5 Å². The molecule has 22 heavy (non-hydrogen) atoms. The van der Waals surface area contributed by atoms with Crippen LogP contribution in [0.5, 0.6) is 0 Å². The van der Waals surface area contributed by atoms with Gasteiger partial charge in [0.1, 0.15) is 0 Å². The molecule has 0 radical (unpaired) electrons. The van der Waals surface area contributed by atoms with Crippen molar-refractivity contribution in [1.82, 2.24) is 15.1 Å². The van der Waals surface area contributed by atoms with E-state index in [2.05, 4.69) is 5.32 Å². The Morgan fingerprint density at radius 3 is 2.55 bits per heavy atom. The number of likely N-dealkylation sites (N-methyl/N-ethyl adjacent to an activating group) is 1. The summed E-state index contributed by atoms with van der Waals surface area (Å²) in [7, 11) is 0. The molecule has 1 saturated heterocycles. The number of thiocarbonyl (C=S) groups is 1. The van der Waals surface area contributed by atoms with E-state index in [0.717, 1.165) is 10.5 Å². The van der Waals surface area contributed by atoms with Crippen LogP contribution in [0.25, 0.3) is 0 Å². The summed E-state index contributed by atoms with van der Waals surface area (Å²) in [5.74, 6) is -1.45. The molecule has 1 atom stereocenters. The molecule has 2 rings (SSSR count). The van der Waals surface area contributed by atoms with Crippen molar-refractivity contribution in [2.24, 2.45) is 0 Å². The molecular formula is C15H17N3O3S. The van der Waals surface area contributed by atoms with Gasteiger partial charge in [0.2, 0.25) is 0 Å². The van der Waals surface area contributed by atoms with Crippen molar-refractivity contribution >= 4 is 35.4 Å². The predicted octanol–water partition coefficient (Wildman–Crippen LogP) is 1.13. The van der Waals surface area contributed by atoms with Crippen molar-refractivity contribution in [1.29, 1.82) is 0 Å². The normalized spacial score (nSPS) is 16.4. The number of piperazine rings is 1. The number of benzene rings is 1. The second-order valence-electron chi connectivity index (χ2n) is 4.82. The minimum absolute atomic E-state index is 0.184. The Hall–Kier alpha value is -2.28. The van der Waals surface area contributed by atoms with E-state index in [4.69, 9.17) is 12.2 Å². The van der Waals surface area contributed by atoms with Gasteiger partial charge in [0.25, 0.3) is 0 Å². The van der Waals surface area contributed by atoms with Gasteiger partial charge in [-0.2, -0.15) is 0 Å². The zero-order valence-electron chi connectivity index (χ0n) is 12.2. The molecule has 1 N–H and O–H groups in total. The van der Waals surface area contributed by atoms with Crippen molar-refractivity contribution in [2.45, 2.75) is 13.0 Å². The van der Waals surface area contributed by atoms with Crippen LogP contribution in [-0.2, 0) is 9.59 Å². The van der Waals surface area contributed by atoms with Crippen LogP contribution in [0.2, 0.25) is 0 Å². The lowest BCUT2D eigenvalue weighted by Crippen LogP contribution is -2.58. The SMILES string of the molecule is CCN1CCN(C(=O)NC(C=S)c2ccccc2)C(=O)C1=O. The second kappa shape index (κ2) is 7.13. The van der Waals surface area contributed by atoms with E-state index in [1.807, 2.05) is 30.3 Å². The third-order valence-corrected chi connectivity index (χ3v) is 3.78. The number of hydrogen-bond acceptors (Lipinski definition) is 4. The van der Waals surface area contributed by atoms with Crippen LogP contribution in [0.3, 0.4) is 0 Å². The van der Waals surface area contributed by atoms with Crippen molar-refractivity contribution in [2.75, 3.05) is 19.6 Å². The number of carbonyl (C=O) groups is 3. The van der Waals surface area contributed by atoms with E-state index >= 15 is 0 Å². The number of hydrogen-bond donors (Lipinski definition) is 1. The fraction of sp³-hybridized carbons (Fsp3) is 0.333. The standard InChI is InChI=1S/C15H17N3O3S/c1-2-17-8-9-18(14(20)13(17)19)15(21)16-12(10-22)11-6-4-3-5-7-11/h3-7,10,12H,2,8-9H2,1H3,(H,16,21). The molecule has 1 aromatic carbocycles. The van der Waals surface area contributed by atoms with Crippen LogP contribution < -0.4 is 5.32 Å². The minimum atomic E-state index is -0.804. The first kappa shape index (κ1) is 16.1. The summed E-state index contributed by atoms with van der Waals surface area (Å²) < 4.78 is 0. The van der Waals surface area contributed by atoms with Gasteiger partial charge in [0, 0.05) is 25.0 Å². The second-order valence-corrected chi connectivity index (χ2v) is 5.09. The summed E-state index contributed by atoms with van der Waals surface area (Å²) >= 11 is 4.95. The van der Waals surface area contributed by atoms with E-state index in [1.54, 1.807) is 6.92 Å². The Kier molecular flexibility index (Phi) is 5.21. The number of nitrogens with one attached hydrogen (secondary N) is 1. The molecule has 1 aliphatic heterocycles. The molecule has 0 spiro atoms. The van der Waals surface area contributed by atoms with Crippen LogP contribution in [0.4, 0.5) is 4.79 Å². The van der Waals surface area contributed by atoms with Crippen molar-refractivity contribution in [3.05, 3.63) is 35.9 Å². The lowest BCUT2D eigenvalue weighted by atomic mass is 10.1. The van der Waals surface area contributed by atoms with Gasteiger partial charge in [0.05, 0.1) is 6.04 Å². The molecule has 0 saturated carbocycles. The number of nitrogens with zero attached hydrogens (tertiary/aromatic N) is 2. The van der Waals surface area contributed by atoms with Crippen molar-refractivity contribution in [3.8, 4) is 0 Å². The first-order valence-electron chi connectivity index (χ1n) is 7.00. The maximum atomic E-state index is 12.2. The summed E-state index contributed by atoms with van der Waals surface area (Å²) in [5.41, 5.74) is 0.816. The molecule has 1 unspecified atom stereocenters. The number of urea groups is 1. The monoisotopic (exact) mass is 319 g/mol. The highest BCUT2D eigenvalue weighted by Gasteiger charge is 2.35. The molecule has 4 amide bonds. The van der Waals surface area contributed by atoms with E-state index in [0.29, 0.717) is 13.1 Å². The average molecular weight is 319 g/mol. The fourth-order valence-electron chi connectivity index (χ4n) is 2.24. The quantitative estimate of drug-likeness (QED) is 0.667. The summed E-state index contributed by atoms with van der Waals surface area (Å²) in [6, 6.07) is 8.09. The first-order valence-corrected chi connectivity index (χ1v) is 7.47. The Morgan fingerprint density at radius 1 is 1.27 bits per heavy atom. The predicted molar refractivity (Wildman–Crippen MR) is 85.3 cm³/mol.